The van der Waals surface area contributed by atoms with Crippen LogP contribution >= 0.6 is 0 Å². The second kappa shape index (κ2) is 4.32. The minimum atomic E-state index is 0.291. The lowest BCUT2D eigenvalue weighted by atomic mass is 9.85. The van der Waals surface area contributed by atoms with Gasteiger partial charge in [0.25, 0.3) is 0 Å². The Morgan fingerprint density at radius 3 is 2.94 bits per heavy atom. The monoisotopic (exact) mass is 245 g/mol. The van der Waals surface area contributed by atoms with E-state index in [2.05, 4.69) is 54.2 Å². The SMILES string of the molecule is Cc1cccc(CN2CC3CNCC3C2(C)C)n1. The molecule has 98 valence electrons. The van der Waals surface area contributed by atoms with E-state index in [0.29, 0.717) is 5.54 Å². The lowest BCUT2D eigenvalue weighted by molar-refractivity contribution is 0.130. The number of likely N-dealkylation sites (tertiary alicyclic amines) is 1. The van der Waals surface area contributed by atoms with Gasteiger partial charge in [0.2, 0.25) is 0 Å². The molecule has 3 rings (SSSR count). The lowest BCUT2D eigenvalue weighted by Gasteiger charge is -2.35. The average Bonchev–Trinajstić information content (AvgIpc) is 2.84. The van der Waals surface area contributed by atoms with Crippen LogP contribution in [0.4, 0.5) is 0 Å². The molecule has 0 saturated carbocycles. The predicted molar refractivity (Wildman–Crippen MR) is 73.3 cm³/mol. The lowest BCUT2D eigenvalue weighted by Crippen LogP contribution is -2.44. The molecule has 18 heavy (non-hydrogen) atoms. The molecular weight excluding hydrogens is 222 g/mol. The number of aryl methyl sites for hydroxylation is 1. The molecule has 3 heteroatoms. The van der Waals surface area contributed by atoms with Crippen molar-refractivity contribution in [3.8, 4) is 0 Å². The van der Waals surface area contributed by atoms with E-state index in [4.69, 9.17) is 0 Å². The molecule has 2 unspecified atom stereocenters. The van der Waals surface area contributed by atoms with Crippen LogP contribution in [0.2, 0.25) is 0 Å². The summed E-state index contributed by atoms with van der Waals surface area (Å²) >= 11 is 0. The quantitative estimate of drug-likeness (QED) is 0.861. The fourth-order valence-corrected chi connectivity index (χ4v) is 3.66. The third-order valence-electron chi connectivity index (χ3n) is 4.82. The third-order valence-corrected chi connectivity index (χ3v) is 4.82. The van der Waals surface area contributed by atoms with Gasteiger partial charge in [0.15, 0.2) is 0 Å². The van der Waals surface area contributed by atoms with Crippen LogP contribution in [0.25, 0.3) is 0 Å². The third kappa shape index (κ3) is 1.95. The highest BCUT2D eigenvalue weighted by molar-refractivity contribution is 5.12. The zero-order chi connectivity index (χ0) is 12.8. The van der Waals surface area contributed by atoms with Crippen LogP contribution < -0.4 is 5.32 Å². The van der Waals surface area contributed by atoms with Gasteiger partial charge in [0, 0.05) is 30.9 Å². The minimum absolute atomic E-state index is 0.291. The number of rotatable bonds is 2. The maximum absolute atomic E-state index is 4.64. The fraction of sp³-hybridized carbons (Fsp3) is 0.667. The predicted octanol–water partition coefficient (Wildman–Crippen LogP) is 1.82. The summed E-state index contributed by atoms with van der Waals surface area (Å²) in [4.78, 5) is 7.25. The molecule has 0 aromatic carbocycles. The molecule has 3 nitrogen and oxygen atoms in total. The standard InChI is InChI=1S/C15H23N3/c1-11-5-4-6-13(17-11)10-18-9-12-7-16-8-14(12)15(18,2)3/h4-6,12,14,16H,7-10H2,1-3H3. The Balaban J connectivity index is 1.77. The maximum Gasteiger partial charge on any atom is 0.0547 e. The van der Waals surface area contributed by atoms with Gasteiger partial charge in [0.1, 0.15) is 0 Å². The van der Waals surface area contributed by atoms with E-state index in [9.17, 15) is 0 Å². The van der Waals surface area contributed by atoms with Gasteiger partial charge in [-0.1, -0.05) is 6.07 Å². The fourth-order valence-electron chi connectivity index (χ4n) is 3.66. The van der Waals surface area contributed by atoms with Crippen molar-refractivity contribution >= 4 is 0 Å². The first-order valence-corrected chi connectivity index (χ1v) is 6.95. The molecule has 2 aliphatic heterocycles. The summed E-state index contributed by atoms with van der Waals surface area (Å²) in [6.07, 6.45) is 0. The molecule has 1 aromatic heterocycles. The smallest absolute Gasteiger partial charge is 0.0547 e. The molecule has 2 fully saturated rings. The summed E-state index contributed by atoms with van der Waals surface area (Å²) < 4.78 is 0. The molecule has 0 bridgehead atoms. The van der Waals surface area contributed by atoms with Crippen LogP contribution in [-0.2, 0) is 6.54 Å². The van der Waals surface area contributed by atoms with Gasteiger partial charge in [-0.3, -0.25) is 9.88 Å². The van der Waals surface area contributed by atoms with E-state index in [1.54, 1.807) is 0 Å². The van der Waals surface area contributed by atoms with E-state index < -0.39 is 0 Å². The highest BCUT2D eigenvalue weighted by Crippen LogP contribution is 2.41. The van der Waals surface area contributed by atoms with E-state index >= 15 is 0 Å². The highest BCUT2D eigenvalue weighted by Gasteiger charge is 2.49. The van der Waals surface area contributed by atoms with Crippen molar-refractivity contribution in [2.24, 2.45) is 11.8 Å². The van der Waals surface area contributed by atoms with Crippen molar-refractivity contribution in [1.82, 2.24) is 15.2 Å². The first-order chi connectivity index (χ1) is 8.57. The molecule has 0 radical (unpaired) electrons. The van der Waals surface area contributed by atoms with Crippen molar-refractivity contribution in [3.05, 3.63) is 29.6 Å². The van der Waals surface area contributed by atoms with Crippen molar-refractivity contribution < 1.29 is 0 Å². The van der Waals surface area contributed by atoms with Gasteiger partial charge in [-0.25, -0.2) is 0 Å². The largest absolute Gasteiger partial charge is 0.316 e. The van der Waals surface area contributed by atoms with Gasteiger partial charge >= 0.3 is 0 Å². The Kier molecular flexibility index (Phi) is 2.91. The number of hydrogen-bond acceptors (Lipinski definition) is 3. The summed E-state index contributed by atoms with van der Waals surface area (Å²) in [7, 11) is 0. The van der Waals surface area contributed by atoms with E-state index in [-0.39, 0.29) is 0 Å². The molecule has 2 saturated heterocycles. The van der Waals surface area contributed by atoms with Gasteiger partial charge in [-0.15, -0.1) is 0 Å². The van der Waals surface area contributed by atoms with E-state index in [1.807, 2.05) is 0 Å². The second-order valence-electron chi connectivity index (χ2n) is 6.33. The topological polar surface area (TPSA) is 28.2 Å². The Hall–Kier alpha value is -0.930. The number of nitrogens with zero attached hydrogens (tertiary/aromatic N) is 2. The zero-order valence-corrected chi connectivity index (χ0v) is 11.6. The van der Waals surface area contributed by atoms with Gasteiger partial charge in [-0.2, -0.15) is 0 Å². The first-order valence-electron chi connectivity index (χ1n) is 6.95. The number of hydrogen-bond donors (Lipinski definition) is 1. The maximum atomic E-state index is 4.64. The summed E-state index contributed by atoms with van der Waals surface area (Å²) in [6, 6.07) is 6.33. The Labute approximate surface area is 110 Å². The zero-order valence-electron chi connectivity index (χ0n) is 11.6. The van der Waals surface area contributed by atoms with Crippen molar-refractivity contribution in [3.63, 3.8) is 0 Å². The van der Waals surface area contributed by atoms with Gasteiger partial charge in [-0.05, 0) is 51.3 Å². The Bertz CT molecular complexity index is 441. The van der Waals surface area contributed by atoms with Crippen LogP contribution in [0, 0.1) is 18.8 Å². The van der Waals surface area contributed by atoms with Crippen molar-refractivity contribution in [2.45, 2.75) is 32.9 Å². The minimum Gasteiger partial charge on any atom is -0.316 e. The second-order valence-corrected chi connectivity index (χ2v) is 6.33. The van der Waals surface area contributed by atoms with E-state index in [0.717, 1.165) is 24.1 Å². The van der Waals surface area contributed by atoms with Gasteiger partial charge < -0.3 is 5.32 Å². The number of fused-ring (bicyclic) bond motifs is 1. The molecule has 0 amide bonds. The first kappa shape index (κ1) is 12.1. The van der Waals surface area contributed by atoms with E-state index in [1.165, 1.54) is 25.3 Å². The molecule has 0 aliphatic carbocycles. The molecular formula is C15H23N3. The molecule has 2 aliphatic rings. The van der Waals surface area contributed by atoms with Crippen LogP contribution in [0.1, 0.15) is 25.2 Å². The average molecular weight is 245 g/mol. The Morgan fingerprint density at radius 2 is 2.22 bits per heavy atom. The Morgan fingerprint density at radius 1 is 1.39 bits per heavy atom. The number of nitrogens with one attached hydrogen (secondary N) is 1. The molecule has 1 N–H and O–H groups in total. The molecule has 0 spiro atoms. The van der Waals surface area contributed by atoms with Gasteiger partial charge in [0.05, 0.1) is 5.69 Å². The summed E-state index contributed by atoms with van der Waals surface area (Å²) in [5.41, 5.74) is 2.61. The van der Waals surface area contributed by atoms with Crippen LogP contribution in [0.5, 0.6) is 0 Å². The summed E-state index contributed by atoms with van der Waals surface area (Å²) in [6.45, 7) is 11.4. The van der Waals surface area contributed by atoms with Crippen LogP contribution in [0.3, 0.4) is 0 Å². The molecule has 2 atom stereocenters. The summed E-state index contributed by atoms with van der Waals surface area (Å²) in [5.74, 6) is 1.62. The molecule has 3 heterocycles. The van der Waals surface area contributed by atoms with Crippen LogP contribution in [0.15, 0.2) is 18.2 Å². The number of pyridine rings is 1. The van der Waals surface area contributed by atoms with Crippen LogP contribution in [-0.4, -0.2) is 35.1 Å². The summed E-state index contributed by atoms with van der Waals surface area (Å²) in [5, 5.41) is 3.53. The molecule has 1 aromatic rings. The van der Waals surface area contributed by atoms with Crippen molar-refractivity contribution in [1.29, 1.82) is 0 Å². The highest BCUT2D eigenvalue weighted by atomic mass is 15.3. The normalized spacial score (nSPS) is 30.6. The number of aromatic nitrogens is 1. The van der Waals surface area contributed by atoms with Crippen molar-refractivity contribution in [2.75, 3.05) is 19.6 Å².